The molecule has 0 aromatic carbocycles. The molecule has 7 nitrogen and oxygen atoms in total. The van der Waals surface area contributed by atoms with E-state index >= 15 is 0 Å². The molecule has 0 saturated heterocycles. The van der Waals surface area contributed by atoms with Crippen LogP contribution in [0.5, 0.6) is 0 Å². The van der Waals surface area contributed by atoms with E-state index in [0.717, 1.165) is 25.7 Å². The Morgan fingerprint density at radius 3 is 2.00 bits per heavy atom. The molecule has 0 spiro atoms. The fourth-order valence-corrected chi connectivity index (χ4v) is 2.10. The van der Waals surface area contributed by atoms with E-state index in [1.165, 1.54) is 26.2 Å². The van der Waals surface area contributed by atoms with Crippen molar-refractivity contribution in [1.29, 1.82) is 0 Å². The summed E-state index contributed by atoms with van der Waals surface area (Å²) in [6.45, 7) is 0.890. The van der Waals surface area contributed by atoms with Crippen LogP contribution in [0.3, 0.4) is 0 Å². The van der Waals surface area contributed by atoms with Crippen molar-refractivity contribution in [2.45, 2.75) is 57.9 Å². The van der Waals surface area contributed by atoms with Crippen LogP contribution < -0.4 is 10.6 Å². The summed E-state index contributed by atoms with van der Waals surface area (Å²) in [4.78, 5) is 31.4. The van der Waals surface area contributed by atoms with E-state index in [-0.39, 0.29) is 24.5 Å². The Morgan fingerprint density at radius 2 is 1.55 bits per heavy atom. The first-order valence-electron chi connectivity index (χ1n) is 7.73. The Hall–Kier alpha value is -1.63. The van der Waals surface area contributed by atoms with Gasteiger partial charge in [-0.05, 0) is 12.8 Å². The maximum absolute atomic E-state index is 11.5. The number of hydrogen-bond acceptors (Lipinski definition) is 4. The third-order valence-corrected chi connectivity index (χ3v) is 3.28. The van der Waals surface area contributed by atoms with Crippen LogP contribution in [-0.4, -0.2) is 49.2 Å². The maximum Gasteiger partial charge on any atom is 0.329 e. The molecule has 2 amide bonds. The van der Waals surface area contributed by atoms with Crippen LogP contribution in [0.4, 0.5) is 0 Å². The van der Waals surface area contributed by atoms with Crippen molar-refractivity contribution in [3.63, 3.8) is 0 Å². The van der Waals surface area contributed by atoms with Gasteiger partial charge in [-0.3, -0.25) is 9.59 Å². The number of carbonyl (C=O) groups excluding carboxylic acids is 2. The number of hydrogen-bond donors (Lipinski definition) is 3. The fourth-order valence-electron chi connectivity index (χ4n) is 2.10. The zero-order valence-electron chi connectivity index (χ0n) is 13.5. The molecule has 1 aliphatic carbocycles. The summed E-state index contributed by atoms with van der Waals surface area (Å²) in [6.07, 6.45) is 8.11. The Kier molecular flexibility index (Phi) is 12.1. The second-order valence-corrected chi connectivity index (χ2v) is 5.30. The first kappa shape index (κ1) is 20.4. The molecule has 22 heavy (non-hydrogen) atoms. The summed E-state index contributed by atoms with van der Waals surface area (Å²) < 4.78 is 4.74. The van der Waals surface area contributed by atoms with Gasteiger partial charge in [-0.15, -0.1) is 0 Å². The van der Waals surface area contributed by atoms with Gasteiger partial charge in [0.05, 0.1) is 0 Å². The number of carboxylic acid groups (broad SMARTS) is 1. The van der Waals surface area contributed by atoms with Crippen LogP contribution in [0, 0.1) is 0 Å². The molecule has 0 aromatic rings. The van der Waals surface area contributed by atoms with Gasteiger partial charge in [0.15, 0.2) is 0 Å². The highest BCUT2D eigenvalue weighted by Gasteiger charge is 2.14. The summed E-state index contributed by atoms with van der Waals surface area (Å²) >= 11 is 0. The Morgan fingerprint density at radius 1 is 1.05 bits per heavy atom. The molecule has 0 bridgehead atoms. The third-order valence-electron chi connectivity index (χ3n) is 3.28. The quantitative estimate of drug-likeness (QED) is 0.703. The van der Waals surface area contributed by atoms with Crippen molar-refractivity contribution >= 4 is 17.8 Å². The zero-order valence-corrected chi connectivity index (χ0v) is 13.5. The standard InChI is InChI=1S/C12H21NO4.C3H7NO/c14-11(8-17-9-12(15)16)13-10-6-4-2-1-3-5-7-10;1-3(5)4-2/h10H,1-9H2,(H,13,14)(H,15,16);1-2H3,(H,4,5). The number of ether oxygens (including phenoxy) is 1. The average Bonchev–Trinajstić information content (AvgIpc) is 2.42. The number of aliphatic carboxylic acids is 1. The Bertz CT molecular complexity index is 339. The van der Waals surface area contributed by atoms with E-state index in [0.29, 0.717) is 0 Å². The van der Waals surface area contributed by atoms with Crippen LogP contribution in [-0.2, 0) is 19.1 Å². The van der Waals surface area contributed by atoms with E-state index in [2.05, 4.69) is 10.6 Å². The lowest BCUT2D eigenvalue weighted by Crippen LogP contribution is -2.37. The van der Waals surface area contributed by atoms with E-state index in [1.54, 1.807) is 7.05 Å². The average molecular weight is 316 g/mol. The molecular weight excluding hydrogens is 288 g/mol. The SMILES string of the molecule is CNC(C)=O.O=C(O)COCC(=O)NC1CCCCCCC1. The molecule has 0 unspecified atom stereocenters. The minimum atomic E-state index is -1.05. The summed E-state index contributed by atoms with van der Waals surface area (Å²) in [5.41, 5.74) is 0. The molecule has 1 saturated carbocycles. The normalized spacial score (nSPS) is 15.5. The monoisotopic (exact) mass is 316 g/mol. The van der Waals surface area contributed by atoms with Gasteiger partial charge in [-0.2, -0.15) is 0 Å². The molecule has 0 radical (unpaired) electrons. The summed E-state index contributed by atoms with van der Waals surface area (Å²) in [6, 6.07) is 0.233. The highest BCUT2D eigenvalue weighted by Crippen LogP contribution is 2.16. The van der Waals surface area contributed by atoms with Gasteiger partial charge in [-0.25, -0.2) is 4.79 Å². The Labute approximate surface area is 131 Å². The number of amides is 2. The van der Waals surface area contributed by atoms with Gasteiger partial charge in [-0.1, -0.05) is 32.1 Å². The maximum atomic E-state index is 11.5. The van der Waals surface area contributed by atoms with E-state index in [9.17, 15) is 14.4 Å². The largest absolute Gasteiger partial charge is 0.480 e. The molecule has 0 aromatic heterocycles. The molecule has 3 N–H and O–H groups in total. The Balaban J connectivity index is 0.000000763. The van der Waals surface area contributed by atoms with E-state index in [4.69, 9.17) is 9.84 Å². The number of carbonyl (C=O) groups is 3. The number of carboxylic acids is 1. The van der Waals surface area contributed by atoms with Gasteiger partial charge in [0.25, 0.3) is 0 Å². The van der Waals surface area contributed by atoms with Gasteiger partial charge in [0.1, 0.15) is 13.2 Å². The van der Waals surface area contributed by atoms with Crippen LogP contribution in [0.15, 0.2) is 0 Å². The van der Waals surface area contributed by atoms with Gasteiger partial charge >= 0.3 is 5.97 Å². The van der Waals surface area contributed by atoms with E-state index in [1.807, 2.05) is 0 Å². The van der Waals surface area contributed by atoms with Gasteiger partial charge in [0, 0.05) is 20.0 Å². The van der Waals surface area contributed by atoms with Crippen LogP contribution >= 0.6 is 0 Å². The lowest BCUT2D eigenvalue weighted by Gasteiger charge is -2.20. The molecule has 128 valence electrons. The van der Waals surface area contributed by atoms with Gasteiger partial charge < -0.3 is 20.5 Å². The molecule has 1 fully saturated rings. The predicted molar refractivity (Wildman–Crippen MR) is 82.4 cm³/mol. The van der Waals surface area contributed by atoms with Crippen molar-refractivity contribution in [2.75, 3.05) is 20.3 Å². The first-order chi connectivity index (χ1) is 10.5. The fraction of sp³-hybridized carbons (Fsp3) is 0.800. The van der Waals surface area contributed by atoms with Crippen LogP contribution in [0.1, 0.15) is 51.9 Å². The molecule has 7 heteroatoms. The van der Waals surface area contributed by atoms with Crippen LogP contribution in [0.25, 0.3) is 0 Å². The lowest BCUT2D eigenvalue weighted by atomic mass is 9.97. The molecular formula is C15H28N2O5. The molecule has 1 rings (SSSR count). The minimum Gasteiger partial charge on any atom is -0.480 e. The van der Waals surface area contributed by atoms with Crippen molar-refractivity contribution in [3.8, 4) is 0 Å². The topological polar surface area (TPSA) is 105 Å². The van der Waals surface area contributed by atoms with Gasteiger partial charge in [0.2, 0.25) is 11.8 Å². The van der Waals surface area contributed by atoms with E-state index < -0.39 is 12.6 Å². The molecule has 0 heterocycles. The zero-order chi connectivity index (χ0) is 16.8. The summed E-state index contributed by atoms with van der Waals surface area (Å²) in [5, 5.41) is 13.7. The second-order valence-electron chi connectivity index (χ2n) is 5.30. The highest BCUT2D eigenvalue weighted by atomic mass is 16.5. The molecule has 0 aliphatic heterocycles. The second kappa shape index (κ2) is 13.1. The van der Waals surface area contributed by atoms with Crippen molar-refractivity contribution in [1.82, 2.24) is 10.6 Å². The first-order valence-corrected chi connectivity index (χ1v) is 7.73. The van der Waals surface area contributed by atoms with Crippen molar-refractivity contribution < 1.29 is 24.2 Å². The van der Waals surface area contributed by atoms with Crippen molar-refractivity contribution in [3.05, 3.63) is 0 Å². The third kappa shape index (κ3) is 13.4. The number of nitrogens with one attached hydrogen (secondary N) is 2. The van der Waals surface area contributed by atoms with Crippen LogP contribution in [0.2, 0.25) is 0 Å². The summed E-state index contributed by atoms with van der Waals surface area (Å²) in [5.74, 6) is -1.26. The molecule has 1 aliphatic rings. The smallest absolute Gasteiger partial charge is 0.329 e. The minimum absolute atomic E-state index is 0.00463. The van der Waals surface area contributed by atoms with Crippen molar-refractivity contribution in [2.24, 2.45) is 0 Å². The highest BCUT2D eigenvalue weighted by molar-refractivity contribution is 5.78. The lowest BCUT2D eigenvalue weighted by molar-refractivity contribution is -0.143. The summed E-state index contributed by atoms with van der Waals surface area (Å²) in [7, 11) is 1.60. The number of rotatable bonds is 5. The molecule has 0 atom stereocenters. The predicted octanol–water partition coefficient (Wildman–Crippen LogP) is 1.07.